The summed E-state index contributed by atoms with van der Waals surface area (Å²) in [6.07, 6.45) is 6.42. The van der Waals surface area contributed by atoms with Crippen molar-refractivity contribution in [2.45, 2.75) is 45.6 Å². The molecule has 1 aliphatic rings. The highest BCUT2D eigenvalue weighted by atomic mass is 15.1. The molecule has 3 nitrogen and oxygen atoms in total. The average molecular weight is 285 g/mol. The standard InChI is InChI=1S/C18H27N3/c1-3-11-21-17-10-5-4-9-16(17)20-18(21)12-14-7-6-8-15(14)13-19-2/h4-5,9-10,14-15,19H,3,6-8,11-13H2,1-2H3. The average Bonchev–Trinajstić information content (AvgIpc) is 3.06. The third-order valence-corrected chi connectivity index (χ3v) is 4.91. The number of aromatic nitrogens is 2. The summed E-state index contributed by atoms with van der Waals surface area (Å²) in [7, 11) is 2.07. The molecule has 0 saturated heterocycles. The van der Waals surface area contributed by atoms with Crippen molar-refractivity contribution in [2.24, 2.45) is 11.8 Å². The minimum Gasteiger partial charge on any atom is -0.328 e. The van der Waals surface area contributed by atoms with Crippen LogP contribution in [0.15, 0.2) is 24.3 Å². The van der Waals surface area contributed by atoms with Crippen LogP contribution in [0.3, 0.4) is 0 Å². The maximum Gasteiger partial charge on any atom is 0.110 e. The van der Waals surface area contributed by atoms with Crippen molar-refractivity contribution in [1.82, 2.24) is 14.9 Å². The van der Waals surface area contributed by atoms with E-state index >= 15 is 0 Å². The highest BCUT2D eigenvalue weighted by Gasteiger charge is 2.28. The fourth-order valence-corrected chi connectivity index (χ4v) is 3.90. The van der Waals surface area contributed by atoms with Gasteiger partial charge in [0.1, 0.15) is 5.82 Å². The first-order chi connectivity index (χ1) is 10.3. The van der Waals surface area contributed by atoms with E-state index in [1.807, 2.05) is 0 Å². The van der Waals surface area contributed by atoms with E-state index in [4.69, 9.17) is 4.98 Å². The molecule has 2 aromatic rings. The van der Waals surface area contributed by atoms with Gasteiger partial charge in [0, 0.05) is 13.0 Å². The van der Waals surface area contributed by atoms with Crippen LogP contribution in [0, 0.1) is 11.8 Å². The first-order valence-electron chi connectivity index (χ1n) is 8.42. The van der Waals surface area contributed by atoms with Gasteiger partial charge in [-0.05, 0) is 56.8 Å². The second-order valence-corrected chi connectivity index (χ2v) is 6.38. The molecular weight excluding hydrogens is 258 g/mol. The van der Waals surface area contributed by atoms with Gasteiger partial charge in [-0.3, -0.25) is 0 Å². The molecule has 0 amide bonds. The largest absolute Gasteiger partial charge is 0.328 e. The maximum absolute atomic E-state index is 4.93. The Balaban J connectivity index is 1.87. The summed E-state index contributed by atoms with van der Waals surface area (Å²) in [6, 6.07) is 8.57. The predicted molar refractivity (Wildman–Crippen MR) is 88.5 cm³/mol. The van der Waals surface area contributed by atoms with Gasteiger partial charge in [0.05, 0.1) is 11.0 Å². The van der Waals surface area contributed by atoms with Crippen molar-refractivity contribution in [2.75, 3.05) is 13.6 Å². The molecule has 1 N–H and O–H groups in total. The quantitative estimate of drug-likeness (QED) is 0.878. The number of rotatable bonds is 6. The Labute approximate surface area is 127 Å². The monoisotopic (exact) mass is 285 g/mol. The summed E-state index contributed by atoms with van der Waals surface area (Å²) >= 11 is 0. The van der Waals surface area contributed by atoms with Gasteiger partial charge in [-0.25, -0.2) is 4.98 Å². The minimum atomic E-state index is 0.796. The Kier molecular flexibility index (Phi) is 4.59. The molecule has 2 atom stereocenters. The molecule has 3 rings (SSSR count). The maximum atomic E-state index is 4.93. The molecule has 0 spiro atoms. The van der Waals surface area contributed by atoms with Crippen molar-refractivity contribution in [3.8, 4) is 0 Å². The molecule has 1 aliphatic carbocycles. The third-order valence-electron chi connectivity index (χ3n) is 4.91. The summed E-state index contributed by atoms with van der Waals surface area (Å²) in [5, 5.41) is 3.36. The van der Waals surface area contributed by atoms with Crippen LogP contribution < -0.4 is 5.32 Å². The van der Waals surface area contributed by atoms with Crippen LogP contribution in [0.25, 0.3) is 11.0 Å². The number of nitrogens with zero attached hydrogens (tertiary/aromatic N) is 2. The number of hydrogen-bond acceptors (Lipinski definition) is 2. The van der Waals surface area contributed by atoms with E-state index in [0.29, 0.717) is 0 Å². The third kappa shape index (κ3) is 2.98. The fourth-order valence-electron chi connectivity index (χ4n) is 3.90. The second-order valence-electron chi connectivity index (χ2n) is 6.38. The Bertz CT molecular complexity index is 587. The molecule has 0 bridgehead atoms. The van der Waals surface area contributed by atoms with E-state index in [0.717, 1.165) is 43.3 Å². The summed E-state index contributed by atoms with van der Waals surface area (Å²) in [6.45, 7) is 4.48. The lowest BCUT2D eigenvalue weighted by Gasteiger charge is -2.19. The van der Waals surface area contributed by atoms with Crippen molar-refractivity contribution in [3.05, 3.63) is 30.1 Å². The lowest BCUT2D eigenvalue weighted by atomic mass is 9.92. The van der Waals surface area contributed by atoms with Gasteiger partial charge < -0.3 is 9.88 Å². The highest BCUT2D eigenvalue weighted by Crippen LogP contribution is 2.34. The highest BCUT2D eigenvalue weighted by molar-refractivity contribution is 5.75. The molecular formula is C18H27N3. The summed E-state index contributed by atoms with van der Waals surface area (Å²) in [5.74, 6) is 2.92. The summed E-state index contributed by atoms with van der Waals surface area (Å²) < 4.78 is 2.45. The zero-order valence-corrected chi connectivity index (χ0v) is 13.3. The predicted octanol–water partition coefficient (Wildman–Crippen LogP) is 3.62. The molecule has 1 saturated carbocycles. The Morgan fingerprint density at radius 3 is 2.86 bits per heavy atom. The van der Waals surface area contributed by atoms with Crippen LogP contribution in [0.2, 0.25) is 0 Å². The van der Waals surface area contributed by atoms with Crippen molar-refractivity contribution >= 4 is 11.0 Å². The fraction of sp³-hybridized carbons (Fsp3) is 0.611. The van der Waals surface area contributed by atoms with Crippen LogP contribution in [0.1, 0.15) is 38.4 Å². The van der Waals surface area contributed by atoms with Gasteiger partial charge in [-0.15, -0.1) is 0 Å². The van der Waals surface area contributed by atoms with Crippen LogP contribution in [0.4, 0.5) is 0 Å². The zero-order chi connectivity index (χ0) is 14.7. The van der Waals surface area contributed by atoms with E-state index in [-0.39, 0.29) is 0 Å². The minimum absolute atomic E-state index is 0.796. The first-order valence-corrected chi connectivity index (χ1v) is 8.42. The van der Waals surface area contributed by atoms with E-state index in [1.165, 1.54) is 30.6 Å². The van der Waals surface area contributed by atoms with E-state index in [1.54, 1.807) is 0 Å². The first kappa shape index (κ1) is 14.6. The zero-order valence-electron chi connectivity index (χ0n) is 13.3. The number of benzene rings is 1. The number of nitrogens with one attached hydrogen (secondary N) is 1. The normalized spacial score (nSPS) is 22.2. The van der Waals surface area contributed by atoms with Gasteiger partial charge in [-0.2, -0.15) is 0 Å². The molecule has 0 aliphatic heterocycles. The molecule has 2 unspecified atom stereocenters. The van der Waals surface area contributed by atoms with Crippen LogP contribution in [-0.4, -0.2) is 23.1 Å². The molecule has 114 valence electrons. The van der Waals surface area contributed by atoms with Crippen molar-refractivity contribution < 1.29 is 0 Å². The summed E-state index contributed by atoms with van der Waals surface area (Å²) in [4.78, 5) is 4.93. The molecule has 0 radical (unpaired) electrons. The summed E-state index contributed by atoms with van der Waals surface area (Å²) in [5.41, 5.74) is 2.46. The molecule has 1 aromatic heterocycles. The number of para-hydroxylation sites is 2. The molecule has 1 fully saturated rings. The SMILES string of the molecule is CCCn1c(CC2CCCC2CNC)nc2ccccc21. The Hall–Kier alpha value is -1.35. The lowest BCUT2D eigenvalue weighted by Crippen LogP contribution is -2.24. The number of aryl methyl sites for hydroxylation is 1. The van der Waals surface area contributed by atoms with Crippen LogP contribution in [0.5, 0.6) is 0 Å². The van der Waals surface area contributed by atoms with Crippen molar-refractivity contribution in [1.29, 1.82) is 0 Å². The molecule has 21 heavy (non-hydrogen) atoms. The van der Waals surface area contributed by atoms with Gasteiger partial charge in [0.2, 0.25) is 0 Å². The smallest absolute Gasteiger partial charge is 0.110 e. The van der Waals surface area contributed by atoms with E-state index in [2.05, 4.69) is 48.1 Å². The molecule has 3 heteroatoms. The van der Waals surface area contributed by atoms with Gasteiger partial charge in [0.25, 0.3) is 0 Å². The topological polar surface area (TPSA) is 29.9 Å². The van der Waals surface area contributed by atoms with Crippen molar-refractivity contribution in [3.63, 3.8) is 0 Å². The molecule has 1 heterocycles. The van der Waals surface area contributed by atoms with Crippen LogP contribution >= 0.6 is 0 Å². The number of fused-ring (bicyclic) bond motifs is 1. The Morgan fingerprint density at radius 1 is 1.24 bits per heavy atom. The van der Waals surface area contributed by atoms with Gasteiger partial charge >= 0.3 is 0 Å². The van der Waals surface area contributed by atoms with Gasteiger partial charge in [0.15, 0.2) is 0 Å². The Morgan fingerprint density at radius 2 is 2.05 bits per heavy atom. The number of hydrogen-bond donors (Lipinski definition) is 1. The van der Waals surface area contributed by atoms with Crippen LogP contribution in [-0.2, 0) is 13.0 Å². The number of imidazole rings is 1. The van der Waals surface area contributed by atoms with E-state index < -0.39 is 0 Å². The lowest BCUT2D eigenvalue weighted by molar-refractivity contribution is 0.364. The van der Waals surface area contributed by atoms with Gasteiger partial charge in [-0.1, -0.05) is 25.5 Å². The van der Waals surface area contributed by atoms with E-state index in [9.17, 15) is 0 Å². The molecule has 1 aromatic carbocycles. The second kappa shape index (κ2) is 6.61.